The number of aromatic nitrogens is 2. The van der Waals surface area contributed by atoms with Gasteiger partial charge in [0.15, 0.2) is 0 Å². The van der Waals surface area contributed by atoms with Gasteiger partial charge in [-0.15, -0.1) is 0 Å². The lowest BCUT2D eigenvalue weighted by Crippen LogP contribution is -2.18. The molecule has 5 nitrogen and oxygen atoms in total. The van der Waals surface area contributed by atoms with Crippen LogP contribution in [0.1, 0.15) is 71.0 Å². The highest BCUT2D eigenvalue weighted by Gasteiger charge is 2.26. The molecule has 1 heterocycles. The van der Waals surface area contributed by atoms with Gasteiger partial charge in [0.05, 0.1) is 17.8 Å². The number of hydrogen-bond donors (Lipinski definition) is 2. The maximum atomic E-state index is 10.8. The smallest absolute Gasteiger partial charge is 0.305 e. The van der Waals surface area contributed by atoms with Gasteiger partial charge in [0, 0.05) is 22.6 Å². The van der Waals surface area contributed by atoms with E-state index in [1.54, 1.807) is 0 Å². The van der Waals surface area contributed by atoms with Crippen molar-refractivity contribution in [3.05, 3.63) is 47.3 Å². The SMILES string of the molecule is CC(C)(C)c1cc(C(C)(C)C)n(-c2ccc(C(N)CC(=O)O)cc2)n1. The van der Waals surface area contributed by atoms with Crippen molar-refractivity contribution in [2.24, 2.45) is 5.73 Å². The third kappa shape index (κ3) is 4.48. The molecule has 25 heavy (non-hydrogen) atoms. The molecule has 0 aliphatic rings. The van der Waals surface area contributed by atoms with Gasteiger partial charge in [0.25, 0.3) is 0 Å². The Bertz CT molecular complexity index is 747. The average Bonchev–Trinajstić information content (AvgIpc) is 2.92. The predicted octanol–water partition coefficient (Wildman–Crippen LogP) is 3.94. The fourth-order valence-corrected chi connectivity index (χ4v) is 2.65. The molecule has 1 aromatic heterocycles. The lowest BCUT2D eigenvalue weighted by molar-refractivity contribution is -0.137. The first-order chi connectivity index (χ1) is 11.4. The number of carboxylic acids is 1. The Morgan fingerprint density at radius 2 is 1.68 bits per heavy atom. The van der Waals surface area contributed by atoms with Crippen molar-refractivity contribution < 1.29 is 9.90 Å². The molecular weight excluding hydrogens is 314 g/mol. The zero-order chi connectivity index (χ0) is 19.0. The molecule has 0 aliphatic heterocycles. The Kier molecular flexibility index (Phi) is 5.09. The van der Waals surface area contributed by atoms with Crippen LogP contribution in [0.3, 0.4) is 0 Å². The van der Waals surface area contributed by atoms with Crippen molar-refractivity contribution in [1.82, 2.24) is 9.78 Å². The fourth-order valence-electron chi connectivity index (χ4n) is 2.65. The molecule has 2 rings (SSSR count). The summed E-state index contributed by atoms with van der Waals surface area (Å²) in [6.07, 6.45) is -0.0808. The normalized spacial score (nSPS) is 13.7. The van der Waals surface area contributed by atoms with E-state index >= 15 is 0 Å². The molecule has 0 bridgehead atoms. The number of carbonyl (C=O) groups is 1. The van der Waals surface area contributed by atoms with Gasteiger partial charge in [-0.05, 0) is 23.8 Å². The van der Waals surface area contributed by atoms with Crippen LogP contribution >= 0.6 is 0 Å². The zero-order valence-corrected chi connectivity index (χ0v) is 16.0. The summed E-state index contributed by atoms with van der Waals surface area (Å²) >= 11 is 0. The van der Waals surface area contributed by atoms with Gasteiger partial charge in [-0.2, -0.15) is 5.10 Å². The van der Waals surface area contributed by atoms with Crippen molar-refractivity contribution >= 4 is 5.97 Å². The quantitative estimate of drug-likeness (QED) is 0.881. The Morgan fingerprint density at radius 3 is 2.12 bits per heavy atom. The first-order valence-corrected chi connectivity index (χ1v) is 8.58. The van der Waals surface area contributed by atoms with Crippen LogP contribution in [-0.4, -0.2) is 20.9 Å². The molecule has 136 valence electrons. The summed E-state index contributed by atoms with van der Waals surface area (Å²) in [6, 6.07) is 9.33. The first kappa shape index (κ1) is 19.2. The molecule has 0 fully saturated rings. The van der Waals surface area contributed by atoms with Gasteiger partial charge >= 0.3 is 5.97 Å². The van der Waals surface area contributed by atoms with Gasteiger partial charge in [0.1, 0.15) is 0 Å². The fraction of sp³-hybridized carbons (Fsp3) is 0.500. The number of hydrogen-bond acceptors (Lipinski definition) is 3. The third-order valence-corrected chi connectivity index (χ3v) is 4.21. The summed E-state index contributed by atoms with van der Waals surface area (Å²) in [6.45, 7) is 13.0. The Hall–Kier alpha value is -2.14. The van der Waals surface area contributed by atoms with E-state index in [1.165, 1.54) is 0 Å². The van der Waals surface area contributed by atoms with E-state index in [-0.39, 0.29) is 17.3 Å². The standard InChI is InChI=1S/C20H29N3O2/c1-19(2,3)16-12-17(20(4,5)6)23(22-16)14-9-7-13(8-10-14)15(21)11-18(24)25/h7-10,12,15H,11,21H2,1-6H3,(H,24,25). The van der Waals surface area contributed by atoms with Gasteiger partial charge in [-0.25, -0.2) is 4.68 Å². The van der Waals surface area contributed by atoms with E-state index in [0.717, 1.165) is 22.6 Å². The highest BCUT2D eigenvalue weighted by Crippen LogP contribution is 2.30. The van der Waals surface area contributed by atoms with Crippen LogP contribution in [0.25, 0.3) is 5.69 Å². The highest BCUT2D eigenvalue weighted by molar-refractivity contribution is 5.67. The maximum absolute atomic E-state index is 10.8. The highest BCUT2D eigenvalue weighted by atomic mass is 16.4. The van der Waals surface area contributed by atoms with E-state index in [2.05, 4.69) is 47.6 Å². The van der Waals surface area contributed by atoms with Crippen LogP contribution in [0, 0.1) is 0 Å². The Balaban J connectivity index is 2.44. The second-order valence-corrected chi connectivity index (χ2v) is 8.62. The number of aliphatic carboxylic acids is 1. The molecule has 1 atom stereocenters. The lowest BCUT2D eigenvalue weighted by atomic mass is 9.88. The molecule has 0 amide bonds. The van der Waals surface area contributed by atoms with Gasteiger partial charge in [0.2, 0.25) is 0 Å². The van der Waals surface area contributed by atoms with Crippen LogP contribution in [-0.2, 0) is 15.6 Å². The molecule has 1 aromatic carbocycles. The van der Waals surface area contributed by atoms with Crippen molar-refractivity contribution in [1.29, 1.82) is 0 Å². The maximum Gasteiger partial charge on any atom is 0.305 e. The summed E-state index contributed by atoms with van der Waals surface area (Å²) in [7, 11) is 0. The number of benzene rings is 1. The van der Waals surface area contributed by atoms with Crippen molar-refractivity contribution in [3.8, 4) is 5.69 Å². The summed E-state index contributed by atoms with van der Waals surface area (Å²) in [5.74, 6) is -0.895. The lowest BCUT2D eigenvalue weighted by Gasteiger charge is -2.20. The van der Waals surface area contributed by atoms with Crippen LogP contribution in [0.2, 0.25) is 0 Å². The summed E-state index contributed by atoms with van der Waals surface area (Å²) in [4.78, 5) is 10.8. The summed E-state index contributed by atoms with van der Waals surface area (Å²) < 4.78 is 1.98. The third-order valence-electron chi connectivity index (χ3n) is 4.21. The Morgan fingerprint density at radius 1 is 1.12 bits per heavy atom. The number of carboxylic acid groups (broad SMARTS) is 1. The minimum Gasteiger partial charge on any atom is -0.481 e. The number of rotatable bonds is 4. The molecule has 1 unspecified atom stereocenters. The van der Waals surface area contributed by atoms with Crippen LogP contribution in [0.15, 0.2) is 30.3 Å². The van der Waals surface area contributed by atoms with E-state index in [1.807, 2.05) is 28.9 Å². The van der Waals surface area contributed by atoms with Crippen molar-refractivity contribution in [2.45, 2.75) is 64.8 Å². The predicted molar refractivity (Wildman–Crippen MR) is 100 cm³/mol. The molecule has 0 radical (unpaired) electrons. The van der Waals surface area contributed by atoms with Crippen LogP contribution in [0.4, 0.5) is 0 Å². The number of nitrogens with zero attached hydrogens (tertiary/aromatic N) is 2. The van der Waals surface area contributed by atoms with E-state index < -0.39 is 12.0 Å². The molecule has 5 heteroatoms. The number of nitrogens with two attached hydrogens (primary N) is 1. The summed E-state index contributed by atoms with van der Waals surface area (Å²) in [5.41, 5.74) is 9.81. The topological polar surface area (TPSA) is 81.1 Å². The Labute approximate surface area is 149 Å². The molecule has 3 N–H and O–H groups in total. The zero-order valence-electron chi connectivity index (χ0n) is 16.0. The second kappa shape index (κ2) is 6.64. The van der Waals surface area contributed by atoms with Gasteiger partial charge in [-0.1, -0.05) is 53.7 Å². The van der Waals surface area contributed by atoms with E-state index in [0.29, 0.717) is 0 Å². The molecule has 0 saturated heterocycles. The molecule has 0 spiro atoms. The molecular formula is C20H29N3O2. The second-order valence-electron chi connectivity index (χ2n) is 8.62. The monoisotopic (exact) mass is 343 g/mol. The summed E-state index contributed by atoms with van der Waals surface area (Å²) in [5, 5.41) is 13.7. The first-order valence-electron chi connectivity index (χ1n) is 8.58. The molecule has 0 saturated carbocycles. The van der Waals surface area contributed by atoms with Crippen LogP contribution in [0.5, 0.6) is 0 Å². The minimum absolute atomic E-state index is 0.0327. The average molecular weight is 343 g/mol. The van der Waals surface area contributed by atoms with Gasteiger partial charge in [-0.3, -0.25) is 4.79 Å². The minimum atomic E-state index is -0.895. The molecule has 0 aliphatic carbocycles. The van der Waals surface area contributed by atoms with Crippen LogP contribution < -0.4 is 5.73 Å². The largest absolute Gasteiger partial charge is 0.481 e. The van der Waals surface area contributed by atoms with Crippen molar-refractivity contribution in [2.75, 3.05) is 0 Å². The van der Waals surface area contributed by atoms with E-state index in [4.69, 9.17) is 15.9 Å². The van der Waals surface area contributed by atoms with Crippen molar-refractivity contribution in [3.63, 3.8) is 0 Å². The van der Waals surface area contributed by atoms with Gasteiger partial charge < -0.3 is 10.8 Å². The molecule has 2 aromatic rings. The van der Waals surface area contributed by atoms with E-state index in [9.17, 15) is 4.79 Å².